The zero-order chi connectivity index (χ0) is 11.3. The van der Waals surface area contributed by atoms with E-state index in [2.05, 4.69) is 4.98 Å². The summed E-state index contributed by atoms with van der Waals surface area (Å²) in [4.78, 5) is 14.8. The maximum atomic E-state index is 11.2. The van der Waals surface area contributed by atoms with E-state index in [4.69, 9.17) is 15.9 Å². The topological polar surface area (TPSA) is 101 Å². The lowest BCUT2D eigenvalue weighted by atomic mass is 10.3. The van der Waals surface area contributed by atoms with Crippen molar-refractivity contribution in [2.45, 2.75) is 6.54 Å². The Bertz CT molecular complexity index is 405. The monoisotopic (exact) mass is 211 g/mol. The molecular formula is C9H13N3O3. The summed E-state index contributed by atoms with van der Waals surface area (Å²) in [6, 6.07) is 1.51. The molecule has 0 saturated heterocycles. The molecule has 0 saturated carbocycles. The van der Waals surface area contributed by atoms with Gasteiger partial charge in [0.2, 0.25) is 0 Å². The van der Waals surface area contributed by atoms with Crippen LogP contribution in [0.15, 0.2) is 28.7 Å². The molecule has 0 spiro atoms. The molecule has 0 aliphatic rings. The number of aliphatic hydroxyl groups excluding tert-OH is 2. The van der Waals surface area contributed by atoms with Crippen molar-refractivity contribution in [1.82, 2.24) is 9.55 Å². The minimum Gasteiger partial charge on any atom is -0.392 e. The van der Waals surface area contributed by atoms with E-state index in [9.17, 15) is 4.79 Å². The highest BCUT2D eigenvalue weighted by molar-refractivity contribution is 5.23. The molecule has 1 heterocycles. The minimum atomic E-state index is -0.457. The molecule has 6 nitrogen and oxygen atoms in total. The normalized spacial score (nSPS) is 10.0. The number of rotatable bonds is 4. The first-order chi connectivity index (χ1) is 7.17. The molecule has 15 heavy (non-hydrogen) atoms. The van der Waals surface area contributed by atoms with Crippen LogP contribution in [0.4, 0.5) is 5.82 Å². The van der Waals surface area contributed by atoms with Gasteiger partial charge in [0.15, 0.2) is 0 Å². The average Bonchev–Trinajstić information content (AvgIpc) is 2.22. The molecule has 4 N–H and O–H groups in total. The first kappa shape index (κ1) is 11.4. The Labute approximate surface area is 86.3 Å². The van der Waals surface area contributed by atoms with Gasteiger partial charge >= 0.3 is 5.69 Å². The van der Waals surface area contributed by atoms with Crippen molar-refractivity contribution in [3.63, 3.8) is 0 Å². The number of nitrogens with zero attached hydrogens (tertiary/aromatic N) is 2. The van der Waals surface area contributed by atoms with E-state index in [1.54, 1.807) is 6.08 Å². The molecule has 1 rings (SSSR count). The van der Waals surface area contributed by atoms with Crippen LogP contribution >= 0.6 is 0 Å². The number of anilines is 1. The Balaban J connectivity index is 2.82. The number of aromatic nitrogens is 2. The molecule has 0 unspecified atom stereocenters. The van der Waals surface area contributed by atoms with Gasteiger partial charge in [-0.15, -0.1) is 0 Å². The molecule has 0 radical (unpaired) electrons. The Morgan fingerprint density at radius 3 is 2.73 bits per heavy atom. The lowest BCUT2D eigenvalue weighted by Crippen LogP contribution is -2.22. The van der Waals surface area contributed by atoms with Crippen LogP contribution in [0.25, 0.3) is 0 Å². The summed E-state index contributed by atoms with van der Waals surface area (Å²) in [5.41, 5.74) is 5.32. The van der Waals surface area contributed by atoms with Gasteiger partial charge in [0, 0.05) is 12.7 Å². The van der Waals surface area contributed by atoms with E-state index in [0.29, 0.717) is 5.57 Å². The fraction of sp³-hybridized carbons (Fsp3) is 0.333. The maximum absolute atomic E-state index is 11.2. The first-order valence-electron chi connectivity index (χ1n) is 4.40. The average molecular weight is 211 g/mol. The van der Waals surface area contributed by atoms with E-state index in [0.717, 1.165) is 0 Å². The van der Waals surface area contributed by atoms with E-state index >= 15 is 0 Å². The predicted molar refractivity (Wildman–Crippen MR) is 55.2 cm³/mol. The number of hydrogen-bond acceptors (Lipinski definition) is 5. The number of allylic oxidation sites excluding steroid dienone is 1. The van der Waals surface area contributed by atoms with Crippen LogP contribution in [0.1, 0.15) is 0 Å². The molecule has 1 aromatic heterocycles. The molecule has 6 heteroatoms. The fourth-order valence-corrected chi connectivity index (χ4v) is 0.988. The second-order valence-electron chi connectivity index (χ2n) is 2.97. The summed E-state index contributed by atoms with van der Waals surface area (Å²) >= 11 is 0. The minimum absolute atomic E-state index is 0.171. The summed E-state index contributed by atoms with van der Waals surface area (Å²) in [5.74, 6) is 0.171. The Morgan fingerprint density at radius 1 is 1.53 bits per heavy atom. The molecule has 0 fully saturated rings. The third-order valence-electron chi connectivity index (χ3n) is 1.88. The molecule has 82 valence electrons. The second-order valence-corrected chi connectivity index (χ2v) is 2.97. The van der Waals surface area contributed by atoms with E-state index in [1.807, 2.05) is 0 Å². The highest BCUT2D eigenvalue weighted by atomic mass is 16.3. The highest BCUT2D eigenvalue weighted by Gasteiger charge is 1.97. The van der Waals surface area contributed by atoms with Gasteiger partial charge in [0.05, 0.1) is 13.2 Å². The van der Waals surface area contributed by atoms with Crippen molar-refractivity contribution >= 4 is 5.82 Å². The zero-order valence-electron chi connectivity index (χ0n) is 8.13. The lowest BCUT2D eigenvalue weighted by molar-refractivity contribution is 0.275. The van der Waals surface area contributed by atoms with Crippen molar-refractivity contribution in [1.29, 1.82) is 0 Å². The van der Waals surface area contributed by atoms with Crippen LogP contribution in [0.5, 0.6) is 0 Å². The molecule has 0 aromatic carbocycles. The van der Waals surface area contributed by atoms with Gasteiger partial charge in [-0.2, -0.15) is 4.98 Å². The van der Waals surface area contributed by atoms with Gasteiger partial charge in [-0.25, -0.2) is 4.79 Å². The summed E-state index contributed by atoms with van der Waals surface area (Å²) in [7, 11) is 0. The molecule has 0 aliphatic heterocycles. The van der Waals surface area contributed by atoms with E-state index < -0.39 is 5.69 Å². The van der Waals surface area contributed by atoms with Crippen LogP contribution in [0.2, 0.25) is 0 Å². The van der Waals surface area contributed by atoms with Gasteiger partial charge in [-0.05, 0) is 11.6 Å². The SMILES string of the molecule is Nc1ccn(CC=C(CO)CO)c(=O)n1. The number of nitrogen functional groups attached to an aromatic ring is 1. The molecule has 0 aliphatic carbocycles. The lowest BCUT2D eigenvalue weighted by Gasteiger charge is -2.02. The predicted octanol–water partition coefficient (Wildman–Crippen LogP) is -1.26. The van der Waals surface area contributed by atoms with Crippen molar-refractivity contribution in [2.75, 3.05) is 18.9 Å². The van der Waals surface area contributed by atoms with Crippen molar-refractivity contribution in [3.8, 4) is 0 Å². The summed E-state index contributed by atoms with van der Waals surface area (Å²) in [6.07, 6.45) is 3.08. The quantitative estimate of drug-likeness (QED) is 0.539. The summed E-state index contributed by atoms with van der Waals surface area (Å²) < 4.78 is 1.32. The van der Waals surface area contributed by atoms with Gasteiger partial charge in [-0.3, -0.25) is 4.57 Å². The highest BCUT2D eigenvalue weighted by Crippen LogP contribution is 1.94. The molecule has 0 atom stereocenters. The number of nitrogens with two attached hydrogens (primary N) is 1. The number of aliphatic hydroxyl groups is 2. The van der Waals surface area contributed by atoms with Crippen molar-refractivity contribution < 1.29 is 10.2 Å². The third kappa shape index (κ3) is 3.19. The number of hydrogen-bond donors (Lipinski definition) is 3. The fourth-order valence-electron chi connectivity index (χ4n) is 0.988. The van der Waals surface area contributed by atoms with Crippen LogP contribution in [0.3, 0.4) is 0 Å². The van der Waals surface area contributed by atoms with Crippen LogP contribution in [0, 0.1) is 0 Å². The van der Waals surface area contributed by atoms with Gasteiger partial charge in [0.25, 0.3) is 0 Å². The Hall–Kier alpha value is -1.66. The van der Waals surface area contributed by atoms with Gasteiger partial charge in [-0.1, -0.05) is 6.08 Å². The van der Waals surface area contributed by atoms with Crippen LogP contribution in [-0.2, 0) is 6.54 Å². The van der Waals surface area contributed by atoms with Crippen molar-refractivity contribution in [2.24, 2.45) is 0 Å². The maximum Gasteiger partial charge on any atom is 0.349 e. The first-order valence-corrected chi connectivity index (χ1v) is 4.40. The molecule has 0 amide bonds. The van der Waals surface area contributed by atoms with Crippen LogP contribution < -0.4 is 11.4 Å². The summed E-state index contributed by atoms with van der Waals surface area (Å²) in [6.45, 7) is -0.204. The summed E-state index contributed by atoms with van der Waals surface area (Å²) in [5, 5.41) is 17.5. The standard InChI is InChI=1S/C9H13N3O3/c10-8-2-4-12(9(15)11-8)3-1-7(5-13)6-14/h1-2,4,13-14H,3,5-6H2,(H2,10,11,15). The van der Waals surface area contributed by atoms with Crippen LogP contribution in [-0.4, -0.2) is 33.0 Å². The molecular weight excluding hydrogens is 198 g/mol. The third-order valence-corrected chi connectivity index (χ3v) is 1.88. The van der Waals surface area contributed by atoms with E-state index in [-0.39, 0.29) is 25.6 Å². The molecule has 0 bridgehead atoms. The largest absolute Gasteiger partial charge is 0.392 e. The van der Waals surface area contributed by atoms with Gasteiger partial charge < -0.3 is 15.9 Å². The zero-order valence-corrected chi connectivity index (χ0v) is 8.13. The molecule has 1 aromatic rings. The Morgan fingerprint density at radius 2 is 2.20 bits per heavy atom. The second kappa shape index (κ2) is 5.28. The Kier molecular flexibility index (Phi) is 4.02. The van der Waals surface area contributed by atoms with E-state index in [1.165, 1.54) is 16.8 Å². The van der Waals surface area contributed by atoms with Crippen molar-refractivity contribution in [3.05, 3.63) is 34.4 Å². The smallest absolute Gasteiger partial charge is 0.349 e. The van der Waals surface area contributed by atoms with Gasteiger partial charge in [0.1, 0.15) is 5.82 Å².